The molecule has 2 aromatic carbocycles. The Morgan fingerprint density at radius 2 is 1.72 bits per heavy atom. The van der Waals surface area contributed by atoms with Gasteiger partial charge in [0.25, 0.3) is 0 Å². The van der Waals surface area contributed by atoms with Gasteiger partial charge in [0.1, 0.15) is 5.75 Å². The first kappa shape index (κ1) is 19.0. The SMILES string of the molecule is C[C@]12CC[C@@H]3c4ccc(O)cc4CC[C@H]3[C@@H]1CC[C@@H]2c1ccc(C(F)(F)F)cc1. The Balaban J connectivity index is 1.43. The van der Waals surface area contributed by atoms with Crippen molar-refractivity contribution >= 4 is 0 Å². The maximum Gasteiger partial charge on any atom is 0.416 e. The summed E-state index contributed by atoms with van der Waals surface area (Å²) in [6, 6.07) is 11.8. The van der Waals surface area contributed by atoms with Crippen LogP contribution in [-0.2, 0) is 12.6 Å². The summed E-state index contributed by atoms with van der Waals surface area (Å²) in [6.45, 7) is 2.38. The van der Waals surface area contributed by atoms with Crippen LogP contribution in [0.1, 0.15) is 73.1 Å². The normalized spacial score (nSPS) is 33.7. The van der Waals surface area contributed by atoms with Crippen molar-refractivity contribution in [3.8, 4) is 5.75 Å². The number of aryl methyl sites for hydroxylation is 1. The minimum atomic E-state index is -4.28. The van der Waals surface area contributed by atoms with Gasteiger partial charge < -0.3 is 5.11 Å². The van der Waals surface area contributed by atoms with Crippen molar-refractivity contribution in [2.75, 3.05) is 0 Å². The Morgan fingerprint density at radius 1 is 0.966 bits per heavy atom. The summed E-state index contributed by atoms with van der Waals surface area (Å²) in [5.74, 6) is 2.52. The van der Waals surface area contributed by atoms with Gasteiger partial charge in [0.15, 0.2) is 0 Å². The van der Waals surface area contributed by atoms with E-state index in [1.54, 1.807) is 12.1 Å². The molecule has 0 heterocycles. The second kappa shape index (κ2) is 6.52. The van der Waals surface area contributed by atoms with Crippen LogP contribution < -0.4 is 0 Å². The average molecular weight is 400 g/mol. The van der Waals surface area contributed by atoms with Crippen LogP contribution in [0.2, 0.25) is 0 Å². The van der Waals surface area contributed by atoms with Crippen molar-refractivity contribution in [1.82, 2.24) is 0 Å². The second-order valence-electron chi connectivity index (χ2n) is 9.59. The number of hydrogen-bond acceptors (Lipinski definition) is 1. The highest BCUT2D eigenvalue weighted by Gasteiger charge is 2.54. The number of alkyl halides is 3. The second-order valence-corrected chi connectivity index (χ2v) is 9.59. The summed E-state index contributed by atoms with van der Waals surface area (Å²) in [5, 5.41) is 9.84. The van der Waals surface area contributed by atoms with E-state index in [1.165, 1.54) is 23.3 Å². The summed E-state index contributed by atoms with van der Waals surface area (Å²) in [7, 11) is 0. The topological polar surface area (TPSA) is 20.2 Å². The zero-order valence-corrected chi connectivity index (χ0v) is 16.7. The lowest BCUT2D eigenvalue weighted by Crippen LogP contribution is -2.41. The summed E-state index contributed by atoms with van der Waals surface area (Å²) in [5.41, 5.74) is 3.39. The molecular weight excluding hydrogens is 373 g/mol. The highest BCUT2D eigenvalue weighted by molar-refractivity contribution is 5.40. The Hall–Kier alpha value is -1.97. The standard InChI is InChI=1S/C25H27F3O/c1-24-13-12-20-19-9-7-18(29)14-16(19)4-8-21(20)23(24)11-10-22(24)15-2-5-17(6-3-15)25(26,27)28/h2-3,5-7,9,14,20-23,29H,4,8,10-13H2,1H3/t20-,21-,22-,23+,24-/m1/s1. The molecule has 0 spiro atoms. The highest BCUT2D eigenvalue weighted by atomic mass is 19.4. The number of hydrogen-bond donors (Lipinski definition) is 1. The molecule has 4 heteroatoms. The Morgan fingerprint density at radius 3 is 2.45 bits per heavy atom. The molecule has 5 atom stereocenters. The van der Waals surface area contributed by atoms with Gasteiger partial charge in [-0.3, -0.25) is 0 Å². The molecule has 0 saturated heterocycles. The first-order valence-corrected chi connectivity index (χ1v) is 10.8. The summed E-state index contributed by atoms with van der Waals surface area (Å²) < 4.78 is 38.9. The van der Waals surface area contributed by atoms with Gasteiger partial charge in [0, 0.05) is 0 Å². The van der Waals surface area contributed by atoms with Crippen molar-refractivity contribution in [2.24, 2.45) is 17.3 Å². The van der Waals surface area contributed by atoms with Crippen molar-refractivity contribution in [3.63, 3.8) is 0 Å². The van der Waals surface area contributed by atoms with Crippen LogP contribution in [0.4, 0.5) is 13.2 Å². The summed E-state index contributed by atoms with van der Waals surface area (Å²) in [6.07, 6.45) is 2.37. The lowest BCUT2D eigenvalue weighted by Gasteiger charge is -2.51. The van der Waals surface area contributed by atoms with Gasteiger partial charge in [-0.05, 0) is 109 Å². The van der Waals surface area contributed by atoms with Gasteiger partial charge in [-0.2, -0.15) is 13.2 Å². The van der Waals surface area contributed by atoms with Gasteiger partial charge in [0.05, 0.1) is 5.56 Å². The average Bonchev–Trinajstić information content (AvgIpc) is 3.04. The Labute approximate surface area is 170 Å². The molecule has 0 aliphatic heterocycles. The predicted molar refractivity (Wildman–Crippen MR) is 107 cm³/mol. The molecule has 0 unspecified atom stereocenters. The zero-order chi connectivity index (χ0) is 20.4. The van der Waals surface area contributed by atoms with Crippen LogP contribution in [0.3, 0.4) is 0 Å². The van der Waals surface area contributed by atoms with Crippen molar-refractivity contribution in [3.05, 3.63) is 64.7 Å². The van der Waals surface area contributed by atoms with Crippen LogP contribution in [0.5, 0.6) is 5.75 Å². The van der Waals surface area contributed by atoms with E-state index in [1.807, 2.05) is 12.1 Å². The molecule has 0 aromatic heterocycles. The Bertz CT molecular complexity index is 917. The molecular formula is C25H27F3O. The maximum atomic E-state index is 13.0. The van der Waals surface area contributed by atoms with E-state index in [0.717, 1.165) is 44.1 Å². The van der Waals surface area contributed by atoms with Gasteiger partial charge in [-0.1, -0.05) is 25.1 Å². The third kappa shape index (κ3) is 2.98. The van der Waals surface area contributed by atoms with E-state index in [4.69, 9.17) is 0 Å². The van der Waals surface area contributed by atoms with E-state index in [0.29, 0.717) is 29.4 Å². The number of rotatable bonds is 1. The van der Waals surface area contributed by atoms with Crippen molar-refractivity contribution in [2.45, 2.75) is 63.5 Å². The first-order valence-electron chi connectivity index (χ1n) is 10.8. The van der Waals surface area contributed by atoms with Crippen LogP contribution in [0, 0.1) is 17.3 Å². The minimum absolute atomic E-state index is 0.162. The Kier molecular flexibility index (Phi) is 4.27. The van der Waals surface area contributed by atoms with Gasteiger partial charge in [-0.15, -0.1) is 0 Å². The molecule has 3 aliphatic rings. The third-order valence-corrected chi connectivity index (χ3v) is 8.35. The predicted octanol–water partition coefficient (Wildman–Crippen LogP) is 7.05. The zero-order valence-electron chi connectivity index (χ0n) is 16.7. The molecule has 1 nitrogen and oxygen atoms in total. The molecule has 5 rings (SSSR count). The van der Waals surface area contributed by atoms with Crippen LogP contribution in [0.25, 0.3) is 0 Å². The lowest BCUT2D eigenvalue weighted by atomic mass is 9.53. The molecule has 29 heavy (non-hydrogen) atoms. The smallest absolute Gasteiger partial charge is 0.416 e. The largest absolute Gasteiger partial charge is 0.508 e. The van der Waals surface area contributed by atoms with Gasteiger partial charge in [0.2, 0.25) is 0 Å². The number of benzene rings is 2. The van der Waals surface area contributed by atoms with Crippen molar-refractivity contribution < 1.29 is 18.3 Å². The molecule has 2 saturated carbocycles. The molecule has 2 fully saturated rings. The molecule has 0 radical (unpaired) electrons. The molecule has 0 bridgehead atoms. The summed E-state index contributed by atoms with van der Waals surface area (Å²) >= 11 is 0. The summed E-state index contributed by atoms with van der Waals surface area (Å²) in [4.78, 5) is 0. The third-order valence-electron chi connectivity index (χ3n) is 8.35. The lowest BCUT2D eigenvalue weighted by molar-refractivity contribution is -0.137. The van der Waals surface area contributed by atoms with Gasteiger partial charge in [-0.25, -0.2) is 0 Å². The monoisotopic (exact) mass is 400 g/mol. The fraction of sp³-hybridized carbons (Fsp3) is 0.520. The van der Waals surface area contributed by atoms with E-state index in [9.17, 15) is 18.3 Å². The molecule has 2 aromatic rings. The highest BCUT2D eigenvalue weighted by Crippen LogP contribution is 2.65. The quantitative estimate of drug-likeness (QED) is 0.544. The fourth-order valence-electron chi connectivity index (χ4n) is 7.02. The fourth-order valence-corrected chi connectivity index (χ4v) is 7.02. The molecule has 1 N–H and O–H groups in total. The number of fused-ring (bicyclic) bond motifs is 5. The number of phenols is 1. The van der Waals surface area contributed by atoms with Crippen LogP contribution >= 0.6 is 0 Å². The number of phenolic OH excluding ortho intramolecular Hbond substituents is 1. The molecule has 3 aliphatic carbocycles. The molecule has 154 valence electrons. The maximum absolute atomic E-state index is 13.0. The van der Waals surface area contributed by atoms with Gasteiger partial charge >= 0.3 is 6.18 Å². The van der Waals surface area contributed by atoms with E-state index in [-0.39, 0.29) is 5.41 Å². The van der Waals surface area contributed by atoms with E-state index >= 15 is 0 Å². The van der Waals surface area contributed by atoms with Crippen molar-refractivity contribution in [1.29, 1.82) is 0 Å². The number of halogens is 3. The van der Waals surface area contributed by atoms with E-state index in [2.05, 4.69) is 13.0 Å². The number of aromatic hydroxyl groups is 1. The molecule has 0 amide bonds. The van der Waals surface area contributed by atoms with Crippen LogP contribution in [0.15, 0.2) is 42.5 Å². The van der Waals surface area contributed by atoms with Crippen LogP contribution in [-0.4, -0.2) is 5.11 Å². The van der Waals surface area contributed by atoms with E-state index < -0.39 is 11.7 Å². The minimum Gasteiger partial charge on any atom is -0.508 e. The first-order chi connectivity index (χ1) is 13.8.